The Kier molecular flexibility index (Phi) is 4.65. The quantitative estimate of drug-likeness (QED) is 0.911. The molecule has 1 aliphatic rings. The van der Waals surface area contributed by atoms with Crippen LogP contribution in [0.1, 0.15) is 42.6 Å². The van der Waals surface area contributed by atoms with Crippen LogP contribution in [0.3, 0.4) is 0 Å². The molecule has 0 aromatic carbocycles. The lowest BCUT2D eigenvalue weighted by atomic mass is 10.0. The summed E-state index contributed by atoms with van der Waals surface area (Å²) in [5.41, 5.74) is 3.10. The molecule has 1 atom stereocenters. The Morgan fingerprint density at radius 2 is 2.05 bits per heavy atom. The molecule has 1 aromatic heterocycles. The van der Waals surface area contributed by atoms with E-state index in [1.807, 2.05) is 25.6 Å². The summed E-state index contributed by atoms with van der Waals surface area (Å²) in [5, 5.41) is 13.6. The van der Waals surface area contributed by atoms with Crippen LogP contribution in [0.15, 0.2) is 0 Å². The molecule has 6 nitrogen and oxygen atoms in total. The van der Waals surface area contributed by atoms with Gasteiger partial charge in [-0.2, -0.15) is 5.10 Å². The van der Waals surface area contributed by atoms with Crippen LogP contribution in [0.2, 0.25) is 0 Å². The highest BCUT2D eigenvalue weighted by molar-refractivity contribution is 5.84. The van der Waals surface area contributed by atoms with Gasteiger partial charge in [0.1, 0.15) is 6.04 Å². The molecule has 1 saturated heterocycles. The molecule has 21 heavy (non-hydrogen) atoms. The van der Waals surface area contributed by atoms with Crippen molar-refractivity contribution in [3.63, 3.8) is 0 Å². The van der Waals surface area contributed by atoms with Crippen molar-refractivity contribution in [3.8, 4) is 0 Å². The van der Waals surface area contributed by atoms with Crippen LogP contribution in [-0.2, 0) is 23.1 Å². The number of carboxylic acid groups (broad SMARTS) is 1. The Morgan fingerprint density at radius 3 is 2.62 bits per heavy atom. The molecular formula is C15H23N3O3. The number of aromatic nitrogens is 2. The first-order valence-corrected chi connectivity index (χ1v) is 7.43. The standard InChI is InChI=1S/C15H23N3O3/c1-10-12(11(2)17(3)16-10)7-8-14(19)18-9-5-4-6-13(18)15(20)21/h13H,4-9H2,1-3H3,(H,20,21)/t13-/m1/s1. The molecule has 6 heteroatoms. The SMILES string of the molecule is Cc1nn(C)c(C)c1CCC(=O)N1CCCC[C@@H]1C(=O)O. The molecule has 0 radical (unpaired) electrons. The highest BCUT2D eigenvalue weighted by atomic mass is 16.4. The van der Waals surface area contributed by atoms with Gasteiger partial charge in [-0.25, -0.2) is 4.79 Å². The number of aliphatic carboxylic acids is 1. The van der Waals surface area contributed by atoms with Crippen molar-refractivity contribution in [2.75, 3.05) is 6.54 Å². The molecule has 1 aliphatic heterocycles. The fourth-order valence-corrected chi connectivity index (χ4v) is 3.04. The van der Waals surface area contributed by atoms with E-state index in [2.05, 4.69) is 5.10 Å². The first-order chi connectivity index (χ1) is 9.91. The van der Waals surface area contributed by atoms with Crippen LogP contribution < -0.4 is 0 Å². The molecule has 0 aliphatic carbocycles. The number of carbonyl (C=O) groups is 2. The summed E-state index contributed by atoms with van der Waals surface area (Å²) in [5.74, 6) is -0.957. The van der Waals surface area contributed by atoms with Gasteiger partial charge in [-0.05, 0) is 45.1 Å². The first kappa shape index (κ1) is 15.5. The maximum Gasteiger partial charge on any atom is 0.326 e. The van der Waals surface area contributed by atoms with Crippen molar-refractivity contribution in [1.29, 1.82) is 0 Å². The zero-order chi connectivity index (χ0) is 15.6. The highest BCUT2D eigenvalue weighted by Gasteiger charge is 2.31. The third-order valence-electron chi connectivity index (χ3n) is 4.36. The van der Waals surface area contributed by atoms with Crippen LogP contribution in [0.25, 0.3) is 0 Å². The summed E-state index contributed by atoms with van der Waals surface area (Å²) < 4.78 is 1.82. The van der Waals surface area contributed by atoms with Gasteiger partial charge >= 0.3 is 5.97 Å². The molecule has 1 aromatic rings. The number of nitrogens with zero attached hydrogens (tertiary/aromatic N) is 3. The smallest absolute Gasteiger partial charge is 0.326 e. The average molecular weight is 293 g/mol. The average Bonchev–Trinajstić information content (AvgIpc) is 2.70. The molecule has 1 N–H and O–H groups in total. The molecule has 0 unspecified atom stereocenters. The van der Waals surface area contributed by atoms with Crippen LogP contribution >= 0.6 is 0 Å². The molecule has 0 saturated carbocycles. The van der Waals surface area contributed by atoms with Gasteiger partial charge in [0, 0.05) is 25.7 Å². The molecule has 2 heterocycles. The third-order valence-corrected chi connectivity index (χ3v) is 4.36. The predicted molar refractivity (Wildman–Crippen MR) is 78.0 cm³/mol. The number of carboxylic acids is 1. The summed E-state index contributed by atoms with van der Waals surface area (Å²) in [6.07, 6.45) is 3.29. The van der Waals surface area contributed by atoms with Gasteiger partial charge in [-0.15, -0.1) is 0 Å². The second kappa shape index (κ2) is 6.28. The maximum absolute atomic E-state index is 12.4. The zero-order valence-corrected chi connectivity index (χ0v) is 12.9. The van der Waals surface area contributed by atoms with E-state index in [0.29, 0.717) is 25.8 Å². The van der Waals surface area contributed by atoms with E-state index >= 15 is 0 Å². The van der Waals surface area contributed by atoms with Gasteiger partial charge in [0.25, 0.3) is 0 Å². The second-order valence-electron chi connectivity index (χ2n) is 5.71. The van der Waals surface area contributed by atoms with Gasteiger partial charge < -0.3 is 10.0 Å². The summed E-state index contributed by atoms with van der Waals surface area (Å²) in [6.45, 7) is 4.48. The van der Waals surface area contributed by atoms with E-state index in [9.17, 15) is 14.7 Å². The van der Waals surface area contributed by atoms with Crippen molar-refractivity contribution < 1.29 is 14.7 Å². The lowest BCUT2D eigenvalue weighted by Gasteiger charge is -2.33. The summed E-state index contributed by atoms with van der Waals surface area (Å²) in [7, 11) is 1.89. The fraction of sp³-hybridized carbons (Fsp3) is 0.667. The Balaban J connectivity index is 2.02. The Labute approximate surface area is 124 Å². The van der Waals surface area contributed by atoms with E-state index in [0.717, 1.165) is 29.8 Å². The fourth-order valence-electron chi connectivity index (χ4n) is 3.04. The number of aryl methyl sites for hydroxylation is 2. The third kappa shape index (κ3) is 3.25. The number of rotatable bonds is 4. The highest BCUT2D eigenvalue weighted by Crippen LogP contribution is 2.20. The molecule has 1 amide bonds. The largest absolute Gasteiger partial charge is 0.480 e. The molecule has 116 valence electrons. The topological polar surface area (TPSA) is 75.4 Å². The van der Waals surface area contributed by atoms with Crippen molar-refractivity contribution >= 4 is 11.9 Å². The normalized spacial score (nSPS) is 18.8. The van der Waals surface area contributed by atoms with E-state index in [1.165, 1.54) is 4.90 Å². The number of carbonyl (C=O) groups excluding carboxylic acids is 1. The summed E-state index contributed by atoms with van der Waals surface area (Å²) in [6, 6.07) is -0.651. The molecule has 0 bridgehead atoms. The van der Waals surface area contributed by atoms with E-state index < -0.39 is 12.0 Å². The maximum atomic E-state index is 12.4. The number of hydrogen-bond acceptors (Lipinski definition) is 3. The van der Waals surface area contributed by atoms with E-state index in [1.54, 1.807) is 0 Å². The Hall–Kier alpha value is -1.85. The van der Waals surface area contributed by atoms with Crippen LogP contribution in [0, 0.1) is 13.8 Å². The zero-order valence-electron chi connectivity index (χ0n) is 12.9. The van der Waals surface area contributed by atoms with Gasteiger partial charge in [-0.3, -0.25) is 9.48 Å². The minimum absolute atomic E-state index is 0.0650. The summed E-state index contributed by atoms with van der Waals surface area (Å²) in [4.78, 5) is 25.1. The number of likely N-dealkylation sites (tertiary alicyclic amines) is 1. The molecular weight excluding hydrogens is 270 g/mol. The predicted octanol–water partition coefficient (Wildman–Crippen LogP) is 1.44. The van der Waals surface area contributed by atoms with E-state index in [-0.39, 0.29) is 5.91 Å². The minimum atomic E-state index is -0.892. The van der Waals surface area contributed by atoms with Crippen molar-refractivity contribution in [3.05, 3.63) is 17.0 Å². The molecule has 2 rings (SSSR count). The lowest BCUT2D eigenvalue weighted by molar-refractivity contribution is -0.152. The van der Waals surface area contributed by atoms with Crippen molar-refractivity contribution in [2.45, 2.75) is 52.0 Å². The molecule has 1 fully saturated rings. The van der Waals surface area contributed by atoms with Crippen molar-refractivity contribution in [1.82, 2.24) is 14.7 Å². The van der Waals surface area contributed by atoms with Gasteiger partial charge in [0.05, 0.1) is 5.69 Å². The first-order valence-electron chi connectivity index (χ1n) is 7.43. The van der Waals surface area contributed by atoms with E-state index in [4.69, 9.17) is 0 Å². The second-order valence-corrected chi connectivity index (χ2v) is 5.71. The van der Waals surface area contributed by atoms with Gasteiger partial charge in [0.2, 0.25) is 5.91 Å². The monoisotopic (exact) mass is 293 g/mol. The Bertz CT molecular complexity index is 551. The molecule has 0 spiro atoms. The summed E-state index contributed by atoms with van der Waals surface area (Å²) >= 11 is 0. The Morgan fingerprint density at radius 1 is 1.33 bits per heavy atom. The van der Waals surface area contributed by atoms with Crippen molar-refractivity contribution in [2.24, 2.45) is 7.05 Å². The lowest BCUT2D eigenvalue weighted by Crippen LogP contribution is -2.48. The van der Waals surface area contributed by atoms with Gasteiger partial charge in [0.15, 0.2) is 0 Å². The van der Waals surface area contributed by atoms with Crippen LogP contribution in [0.5, 0.6) is 0 Å². The van der Waals surface area contributed by atoms with Gasteiger partial charge in [-0.1, -0.05) is 0 Å². The van der Waals surface area contributed by atoms with Crippen LogP contribution in [-0.4, -0.2) is 44.3 Å². The van der Waals surface area contributed by atoms with Crippen LogP contribution in [0.4, 0.5) is 0 Å². The minimum Gasteiger partial charge on any atom is -0.480 e. The number of piperidine rings is 1. The number of hydrogen-bond donors (Lipinski definition) is 1. The number of amides is 1.